The summed E-state index contributed by atoms with van der Waals surface area (Å²) in [6.45, 7) is 8.75. The highest BCUT2D eigenvalue weighted by molar-refractivity contribution is 5.32. The molecule has 0 aliphatic heterocycles. The molecule has 3 atom stereocenters. The van der Waals surface area contributed by atoms with E-state index in [-0.39, 0.29) is 11.6 Å². The molecule has 1 aliphatic rings. The molecule has 2 nitrogen and oxygen atoms in total. The van der Waals surface area contributed by atoms with Crippen molar-refractivity contribution in [3.05, 3.63) is 29.8 Å². The highest BCUT2D eigenvalue weighted by atomic mass is 16.5. The number of hydrogen-bond donors (Lipinski definition) is 1. The van der Waals surface area contributed by atoms with Crippen LogP contribution in [0.2, 0.25) is 0 Å². The second-order valence-corrected chi connectivity index (χ2v) is 6.54. The molecule has 106 valence electrons. The van der Waals surface area contributed by atoms with E-state index in [1.54, 1.807) is 0 Å². The Balaban J connectivity index is 2.13. The summed E-state index contributed by atoms with van der Waals surface area (Å²) in [4.78, 5) is 0. The van der Waals surface area contributed by atoms with Gasteiger partial charge in [-0.3, -0.25) is 0 Å². The predicted molar refractivity (Wildman–Crippen MR) is 80.3 cm³/mol. The van der Waals surface area contributed by atoms with Gasteiger partial charge in [-0.2, -0.15) is 0 Å². The highest BCUT2D eigenvalue weighted by Crippen LogP contribution is 2.40. The molecule has 1 aromatic rings. The SMILES string of the molecule is CC(C)Oc1ccc(C2(N)CCC(C)C(C)C2)cc1. The summed E-state index contributed by atoms with van der Waals surface area (Å²) in [6.07, 6.45) is 3.61. The molecule has 1 fully saturated rings. The van der Waals surface area contributed by atoms with Gasteiger partial charge in [-0.05, 0) is 62.6 Å². The third kappa shape index (κ3) is 3.30. The standard InChI is InChI=1S/C17H27NO/c1-12(2)19-16-7-5-15(6-8-16)17(18)10-9-13(3)14(4)11-17/h5-8,12-14H,9-11,18H2,1-4H3. The molecule has 2 N–H and O–H groups in total. The van der Waals surface area contributed by atoms with Crippen LogP contribution in [0, 0.1) is 11.8 Å². The van der Waals surface area contributed by atoms with Gasteiger partial charge in [0.2, 0.25) is 0 Å². The molecule has 19 heavy (non-hydrogen) atoms. The first kappa shape index (κ1) is 14.4. The molecule has 3 unspecified atom stereocenters. The first-order valence-corrected chi connectivity index (χ1v) is 7.47. The molecule has 0 radical (unpaired) electrons. The molecule has 2 heteroatoms. The molecule has 0 saturated heterocycles. The number of hydrogen-bond acceptors (Lipinski definition) is 2. The molecule has 1 aromatic carbocycles. The largest absolute Gasteiger partial charge is 0.491 e. The van der Waals surface area contributed by atoms with E-state index < -0.39 is 0 Å². The van der Waals surface area contributed by atoms with E-state index in [1.165, 1.54) is 12.0 Å². The topological polar surface area (TPSA) is 35.2 Å². The van der Waals surface area contributed by atoms with E-state index in [4.69, 9.17) is 10.5 Å². The van der Waals surface area contributed by atoms with Crippen LogP contribution in [-0.4, -0.2) is 6.10 Å². The van der Waals surface area contributed by atoms with E-state index in [0.717, 1.165) is 24.5 Å². The maximum absolute atomic E-state index is 6.64. The lowest BCUT2D eigenvalue weighted by Crippen LogP contribution is -2.43. The van der Waals surface area contributed by atoms with Gasteiger partial charge >= 0.3 is 0 Å². The van der Waals surface area contributed by atoms with Gasteiger partial charge < -0.3 is 10.5 Å². The van der Waals surface area contributed by atoms with Crippen molar-refractivity contribution in [1.29, 1.82) is 0 Å². The van der Waals surface area contributed by atoms with Crippen molar-refractivity contribution < 1.29 is 4.74 Å². The van der Waals surface area contributed by atoms with Gasteiger partial charge in [0.05, 0.1) is 6.10 Å². The van der Waals surface area contributed by atoms with E-state index in [2.05, 4.69) is 26.0 Å². The van der Waals surface area contributed by atoms with Crippen molar-refractivity contribution in [2.45, 2.75) is 58.6 Å². The van der Waals surface area contributed by atoms with Crippen molar-refractivity contribution in [3.8, 4) is 5.75 Å². The van der Waals surface area contributed by atoms with E-state index in [1.807, 2.05) is 26.0 Å². The molecular formula is C17H27NO. The van der Waals surface area contributed by atoms with Crippen LogP contribution in [0.1, 0.15) is 52.5 Å². The predicted octanol–water partition coefficient (Wildman–Crippen LogP) is 4.08. The molecule has 0 aromatic heterocycles. The van der Waals surface area contributed by atoms with Crippen LogP contribution in [0.15, 0.2) is 24.3 Å². The van der Waals surface area contributed by atoms with Gasteiger partial charge in [0.1, 0.15) is 5.75 Å². The summed E-state index contributed by atoms with van der Waals surface area (Å²) in [5.74, 6) is 2.42. The number of ether oxygens (including phenoxy) is 1. The Bertz CT molecular complexity index is 412. The van der Waals surface area contributed by atoms with Gasteiger partial charge in [0.15, 0.2) is 0 Å². The summed E-state index contributed by atoms with van der Waals surface area (Å²) in [5, 5.41) is 0. The zero-order valence-corrected chi connectivity index (χ0v) is 12.6. The molecule has 0 bridgehead atoms. The average molecular weight is 261 g/mol. The van der Waals surface area contributed by atoms with E-state index in [0.29, 0.717) is 5.92 Å². The highest BCUT2D eigenvalue weighted by Gasteiger charge is 2.35. The second-order valence-electron chi connectivity index (χ2n) is 6.54. The summed E-state index contributed by atoms with van der Waals surface area (Å²) in [5.41, 5.74) is 7.75. The van der Waals surface area contributed by atoms with Crippen LogP contribution in [-0.2, 0) is 5.54 Å². The Morgan fingerprint density at radius 1 is 1.16 bits per heavy atom. The lowest BCUT2D eigenvalue weighted by molar-refractivity contribution is 0.176. The van der Waals surface area contributed by atoms with Crippen LogP contribution in [0.25, 0.3) is 0 Å². The molecule has 0 heterocycles. The van der Waals surface area contributed by atoms with Gasteiger partial charge in [-0.15, -0.1) is 0 Å². The Kier molecular flexibility index (Phi) is 4.19. The monoisotopic (exact) mass is 261 g/mol. The molecule has 0 amide bonds. The van der Waals surface area contributed by atoms with Gasteiger partial charge in [0.25, 0.3) is 0 Å². The lowest BCUT2D eigenvalue weighted by atomic mass is 9.69. The first-order chi connectivity index (χ1) is 8.90. The zero-order chi connectivity index (χ0) is 14.0. The first-order valence-electron chi connectivity index (χ1n) is 7.47. The maximum atomic E-state index is 6.64. The van der Waals surface area contributed by atoms with E-state index in [9.17, 15) is 0 Å². The van der Waals surface area contributed by atoms with Crippen LogP contribution in [0.3, 0.4) is 0 Å². The fourth-order valence-electron chi connectivity index (χ4n) is 3.05. The van der Waals surface area contributed by atoms with Gasteiger partial charge in [0, 0.05) is 5.54 Å². The quantitative estimate of drug-likeness (QED) is 0.889. The summed E-state index contributed by atoms with van der Waals surface area (Å²) in [6, 6.07) is 8.38. The van der Waals surface area contributed by atoms with Crippen LogP contribution in [0.4, 0.5) is 0 Å². The molecular weight excluding hydrogens is 234 g/mol. The number of nitrogens with two attached hydrogens (primary N) is 1. The minimum Gasteiger partial charge on any atom is -0.491 e. The normalized spacial score (nSPS) is 31.5. The van der Waals surface area contributed by atoms with Crippen LogP contribution < -0.4 is 10.5 Å². The van der Waals surface area contributed by atoms with Crippen LogP contribution in [0.5, 0.6) is 5.75 Å². The van der Waals surface area contributed by atoms with Crippen molar-refractivity contribution >= 4 is 0 Å². The summed E-state index contributed by atoms with van der Waals surface area (Å²) in [7, 11) is 0. The van der Waals surface area contributed by atoms with Crippen molar-refractivity contribution in [2.75, 3.05) is 0 Å². The Hall–Kier alpha value is -1.02. The third-order valence-electron chi connectivity index (χ3n) is 4.50. The van der Waals surface area contributed by atoms with E-state index >= 15 is 0 Å². The minimum absolute atomic E-state index is 0.151. The van der Waals surface area contributed by atoms with Crippen molar-refractivity contribution in [1.82, 2.24) is 0 Å². The molecule has 2 rings (SSSR count). The van der Waals surface area contributed by atoms with Crippen LogP contribution >= 0.6 is 0 Å². The fourth-order valence-corrected chi connectivity index (χ4v) is 3.05. The summed E-state index contributed by atoms with van der Waals surface area (Å²) >= 11 is 0. The zero-order valence-electron chi connectivity index (χ0n) is 12.6. The smallest absolute Gasteiger partial charge is 0.119 e. The third-order valence-corrected chi connectivity index (χ3v) is 4.50. The Morgan fingerprint density at radius 3 is 2.32 bits per heavy atom. The van der Waals surface area contributed by atoms with Gasteiger partial charge in [-0.25, -0.2) is 0 Å². The molecule has 0 spiro atoms. The minimum atomic E-state index is -0.151. The van der Waals surface area contributed by atoms with Gasteiger partial charge in [-0.1, -0.05) is 26.0 Å². The maximum Gasteiger partial charge on any atom is 0.119 e. The Labute approximate surface area is 117 Å². The molecule has 1 aliphatic carbocycles. The summed E-state index contributed by atoms with van der Waals surface area (Å²) < 4.78 is 5.69. The fraction of sp³-hybridized carbons (Fsp3) is 0.647. The lowest BCUT2D eigenvalue weighted by Gasteiger charge is -2.40. The molecule has 1 saturated carbocycles. The number of benzene rings is 1. The average Bonchev–Trinajstić information content (AvgIpc) is 2.34. The Morgan fingerprint density at radius 2 is 1.79 bits per heavy atom. The van der Waals surface area contributed by atoms with Crippen molar-refractivity contribution in [3.63, 3.8) is 0 Å². The van der Waals surface area contributed by atoms with Crippen molar-refractivity contribution in [2.24, 2.45) is 17.6 Å². The second kappa shape index (κ2) is 5.54. The number of rotatable bonds is 3.